The van der Waals surface area contributed by atoms with Gasteiger partial charge in [0.25, 0.3) is 11.5 Å². The van der Waals surface area contributed by atoms with Crippen molar-refractivity contribution in [1.82, 2.24) is 9.38 Å². The van der Waals surface area contributed by atoms with E-state index in [1.165, 1.54) is 54.7 Å². The number of fused-ring (bicyclic) bond motifs is 1. The maximum absolute atomic E-state index is 12.8. The van der Waals surface area contributed by atoms with Crippen molar-refractivity contribution in [2.24, 2.45) is 17.8 Å². The monoisotopic (exact) mass is 413 g/mol. The van der Waals surface area contributed by atoms with Crippen LogP contribution in [0.3, 0.4) is 0 Å². The van der Waals surface area contributed by atoms with E-state index in [1.807, 2.05) is 25.1 Å². The number of nitrogens with zero attached hydrogens (tertiary/aromatic N) is 2. The van der Waals surface area contributed by atoms with Gasteiger partial charge in [-0.25, -0.2) is 4.98 Å². The van der Waals surface area contributed by atoms with Crippen molar-refractivity contribution in [3.63, 3.8) is 0 Å². The molecule has 158 valence electrons. The molecule has 0 saturated heterocycles. The fourth-order valence-electron chi connectivity index (χ4n) is 6.91. The average Bonchev–Trinajstić information content (AvgIpc) is 2.74. The largest absolute Gasteiger partial charge is 0.322 e. The summed E-state index contributed by atoms with van der Waals surface area (Å²) < 4.78 is 1.43. The topological polar surface area (TPSA) is 63.5 Å². The normalized spacial score (nSPS) is 28.7. The predicted molar refractivity (Wildman–Crippen MR) is 120 cm³/mol. The number of hydrogen-bond acceptors (Lipinski definition) is 3. The zero-order valence-corrected chi connectivity index (χ0v) is 17.8. The van der Waals surface area contributed by atoms with Crippen LogP contribution in [-0.4, -0.2) is 15.3 Å². The molecular weight excluding hydrogens is 386 g/mol. The lowest BCUT2D eigenvalue weighted by atomic mass is 9.48. The number of pyridine rings is 1. The van der Waals surface area contributed by atoms with Crippen molar-refractivity contribution < 1.29 is 4.79 Å². The van der Waals surface area contributed by atoms with E-state index in [1.54, 1.807) is 12.3 Å². The zero-order chi connectivity index (χ0) is 21.2. The number of rotatable bonds is 3. The summed E-state index contributed by atoms with van der Waals surface area (Å²) in [6.07, 6.45) is 11.3. The van der Waals surface area contributed by atoms with Gasteiger partial charge in [0.05, 0.1) is 0 Å². The van der Waals surface area contributed by atoms with E-state index in [2.05, 4.69) is 22.4 Å². The fraction of sp³-hybridized carbons (Fsp3) is 0.423. The first-order valence-corrected chi connectivity index (χ1v) is 11.4. The molecular formula is C26H27N3O2. The van der Waals surface area contributed by atoms with Crippen LogP contribution in [0.15, 0.2) is 53.6 Å². The maximum Gasteiger partial charge on any atom is 0.270 e. The summed E-state index contributed by atoms with van der Waals surface area (Å²) in [7, 11) is 0. The van der Waals surface area contributed by atoms with Crippen LogP contribution in [0.2, 0.25) is 0 Å². The van der Waals surface area contributed by atoms with Crippen LogP contribution in [0.5, 0.6) is 0 Å². The Morgan fingerprint density at radius 1 is 1.00 bits per heavy atom. The molecule has 4 bridgehead atoms. The Kier molecular flexibility index (Phi) is 4.11. The molecule has 5 heteroatoms. The predicted octanol–water partition coefficient (Wildman–Crippen LogP) is 4.72. The first kappa shape index (κ1) is 18.8. The molecule has 4 aliphatic carbocycles. The van der Waals surface area contributed by atoms with Gasteiger partial charge in [0.15, 0.2) is 0 Å². The van der Waals surface area contributed by atoms with E-state index in [9.17, 15) is 9.59 Å². The Morgan fingerprint density at radius 2 is 1.65 bits per heavy atom. The van der Waals surface area contributed by atoms with Gasteiger partial charge in [0.2, 0.25) is 0 Å². The number of amides is 1. The molecule has 4 saturated carbocycles. The molecule has 4 fully saturated rings. The van der Waals surface area contributed by atoms with Gasteiger partial charge in [-0.05, 0) is 97.9 Å². The number of nitrogens with one attached hydrogen (secondary N) is 1. The van der Waals surface area contributed by atoms with Gasteiger partial charge in [-0.2, -0.15) is 0 Å². The van der Waals surface area contributed by atoms with Gasteiger partial charge in [0.1, 0.15) is 11.2 Å². The molecule has 7 rings (SSSR count). The molecule has 0 atom stereocenters. The summed E-state index contributed by atoms with van der Waals surface area (Å²) in [5.74, 6) is 2.30. The summed E-state index contributed by atoms with van der Waals surface area (Å²) in [6, 6.07) is 12.0. The van der Waals surface area contributed by atoms with Crippen molar-refractivity contribution in [1.29, 1.82) is 0 Å². The van der Waals surface area contributed by atoms with E-state index in [-0.39, 0.29) is 11.1 Å². The molecule has 1 N–H and O–H groups in total. The van der Waals surface area contributed by atoms with Gasteiger partial charge in [-0.3, -0.25) is 14.0 Å². The minimum Gasteiger partial charge on any atom is -0.322 e. The highest BCUT2D eigenvalue weighted by Crippen LogP contribution is 2.60. The molecule has 31 heavy (non-hydrogen) atoms. The molecule has 5 nitrogen and oxygen atoms in total. The number of anilines is 1. The number of aryl methyl sites for hydroxylation is 1. The Morgan fingerprint density at radius 3 is 2.29 bits per heavy atom. The van der Waals surface area contributed by atoms with Crippen molar-refractivity contribution in [3.8, 4) is 0 Å². The minimum absolute atomic E-state index is 0.0493. The minimum atomic E-state index is -0.420. The third-order valence-corrected chi connectivity index (χ3v) is 7.89. The lowest BCUT2D eigenvalue weighted by molar-refractivity contribution is -0.00518. The van der Waals surface area contributed by atoms with Crippen LogP contribution < -0.4 is 10.9 Å². The fourth-order valence-corrected chi connectivity index (χ4v) is 6.91. The number of hydrogen-bond donors (Lipinski definition) is 1. The molecule has 2 aromatic heterocycles. The van der Waals surface area contributed by atoms with Crippen molar-refractivity contribution in [2.75, 3.05) is 5.32 Å². The highest BCUT2D eigenvalue weighted by Gasteiger charge is 2.51. The molecule has 2 heterocycles. The van der Waals surface area contributed by atoms with Gasteiger partial charge in [-0.15, -0.1) is 0 Å². The van der Waals surface area contributed by atoms with Crippen LogP contribution in [0.25, 0.3) is 5.65 Å². The summed E-state index contributed by atoms with van der Waals surface area (Å²) in [6.45, 7) is 1.91. The molecule has 4 aliphatic rings. The maximum atomic E-state index is 12.8. The van der Waals surface area contributed by atoms with E-state index in [0.717, 1.165) is 23.3 Å². The first-order valence-electron chi connectivity index (χ1n) is 11.4. The Labute approximate surface area is 181 Å². The zero-order valence-electron chi connectivity index (χ0n) is 17.8. The third kappa shape index (κ3) is 3.10. The third-order valence-electron chi connectivity index (χ3n) is 7.89. The molecule has 0 spiro atoms. The van der Waals surface area contributed by atoms with Gasteiger partial charge in [-0.1, -0.05) is 18.2 Å². The number of carbonyl (C=O) groups is 1. The highest BCUT2D eigenvalue weighted by molar-refractivity contribution is 6.03. The highest BCUT2D eigenvalue weighted by atomic mass is 16.2. The summed E-state index contributed by atoms with van der Waals surface area (Å²) in [5.41, 5.74) is 3.65. The van der Waals surface area contributed by atoms with Crippen molar-refractivity contribution in [2.45, 2.75) is 50.9 Å². The second kappa shape index (κ2) is 6.78. The SMILES string of the molecule is Cc1ccc2ncc(C(=O)Nc3ccc(C45CC6CC(CC(C6)C4)C5)cc3)c(=O)n2c1. The van der Waals surface area contributed by atoms with Crippen LogP contribution in [0.4, 0.5) is 5.69 Å². The molecule has 0 unspecified atom stereocenters. The quantitative estimate of drug-likeness (QED) is 0.676. The standard InChI is InChI=1S/C26H27N3O2/c1-16-2-7-23-27-14-22(25(31)29(23)15-16)24(30)28-21-5-3-20(4-6-21)26-11-17-8-18(12-26)10-19(9-17)13-26/h2-7,14-15,17-19H,8-13H2,1H3,(H,28,30). The summed E-state index contributed by atoms with van der Waals surface area (Å²) in [5, 5.41) is 2.89. The van der Waals surface area contributed by atoms with Gasteiger partial charge in [0, 0.05) is 18.1 Å². The molecule has 0 radical (unpaired) electrons. The van der Waals surface area contributed by atoms with Crippen LogP contribution in [-0.2, 0) is 5.41 Å². The summed E-state index contributed by atoms with van der Waals surface area (Å²) >= 11 is 0. The average molecular weight is 414 g/mol. The van der Waals surface area contributed by atoms with Crippen molar-refractivity contribution in [3.05, 3.63) is 75.8 Å². The number of aromatic nitrogens is 2. The Hall–Kier alpha value is -2.95. The number of benzene rings is 1. The second-order valence-electron chi connectivity index (χ2n) is 10.1. The first-order chi connectivity index (χ1) is 15.0. The lowest BCUT2D eigenvalue weighted by Crippen LogP contribution is -2.48. The van der Waals surface area contributed by atoms with Crippen molar-refractivity contribution >= 4 is 17.2 Å². The lowest BCUT2D eigenvalue weighted by Gasteiger charge is -2.57. The van der Waals surface area contributed by atoms with E-state index in [0.29, 0.717) is 16.7 Å². The van der Waals surface area contributed by atoms with Gasteiger partial charge < -0.3 is 5.32 Å². The van der Waals surface area contributed by atoms with Gasteiger partial charge >= 0.3 is 0 Å². The van der Waals surface area contributed by atoms with Crippen LogP contribution >= 0.6 is 0 Å². The Balaban J connectivity index is 1.24. The van der Waals surface area contributed by atoms with Crippen LogP contribution in [0.1, 0.15) is 60.0 Å². The molecule has 1 aromatic carbocycles. The van der Waals surface area contributed by atoms with E-state index in [4.69, 9.17) is 0 Å². The summed E-state index contributed by atoms with van der Waals surface area (Å²) in [4.78, 5) is 29.9. The van der Waals surface area contributed by atoms with E-state index >= 15 is 0 Å². The van der Waals surface area contributed by atoms with E-state index < -0.39 is 5.91 Å². The second-order valence-corrected chi connectivity index (χ2v) is 10.1. The Bertz CT molecular complexity index is 1210. The molecule has 3 aromatic rings. The smallest absolute Gasteiger partial charge is 0.270 e. The molecule has 1 amide bonds. The molecule has 0 aliphatic heterocycles. The van der Waals surface area contributed by atoms with Crippen LogP contribution in [0, 0.1) is 24.7 Å². The number of carbonyl (C=O) groups excluding carboxylic acids is 1.